The quantitative estimate of drug-likeness (QED) is 0.363. The highest BCUT2D eigenvalue weighted by Crippen LogP contribution is 2.37. The summed E-state index contributed by atoms with van der Waals surface area (Å²) in [5, 5.41) is 0.696. The van der Waals surface area contributed by atoms with Crippen LogP contribution < -0.4 is 14.2 Å². The molecule has 1 atom stereocenters. The Kier molecular flexibility index (Phi) is 6.51. The minimum absolute atomic E-state index is 0.400. The molecule has 0 aliphatic carbocycles. The summed E-state index contributed by atoms with van der Waals surface area (Å²) in [6.07, 6.45) is 0.719. The van der Waals surface area contributed by atoms with Crippen LogP contribution in [0.3, 0.4) is 0 Å². The number of rotatable bonds is 8. The maximum atomic E-state index is 12.4. The van der Waals surface area contributed by atoms with E-state index in [4.69, 9.17) is 18.9 Å². The molecule has 4 aromatic rings. The van der Waals surface area contributed by atoms with Crippen molar-refractivity contribution in [1.29, 1.82) is 0 Å². The predicted molar refractivity (Wildman–Crippen MR) is 121 cm³/mol. The van der Waals surface area contributed by atoms with Crippen molar-refractivity contribution in [1.82, 2.24) is 4.98 Å². The van der Waals surface area contributed by atoms with Crippen LogP contribution in [-0.4, -0.2) is 25.2 Å². The summed E-state index contributed by atoms with van der Waals surface area (Å²) in [5.41, 5.74) is 2.39. The monoisotopic (exact) mass is 429 g/mol. The molecule has 0 aliphatic rings. The van der Waals surface area contributed by atoms with E-state index >= 15 is 0 Å². The fourth-order valence-corrected chi connectivity index (χ4v) is 3.35. The smallest absolute Gasteiger partial charge is 0.351 e. The van der Waals surface area contributed by atoms with Gasteiger partial charge in [-0.1, -0.05) is 60.7 Å². The van der Waals surface area contributed by atoms with E-state index in [-0.39, 0.29) is 0 Å². The molecule has 0 N–H and O–H groups in total. The van der Waals surface area contributed by atoms with E-state index in [1.54, 1.807) is 31.5 Å². The molecule has 0 saturated heterocycles. The highest BCUT2D eigenvalue weighted by atomic mass is 16.6. The summed E-state index contributed by atoms with van der Waals surface area (Å²) in [6, 6.07) is 24.4. The first-order chi connectivity index (χ1) is 15.7. The van der Waals surface area contributed by atoms with Crippen molar-refractivity contribution in [3.8, 4) is 17.2 Å². The zero-order chi connectivity index (χ0) is 22.3. The van der Waals surface area contributed by atoms with Crippen molar-refractivity contribution < 1.29 is 23.7 Å². The molecule has 1 unspecified atom stereocenters. The fourth-order valence-electron chi connectivity index (χ4n) is 3.35. The zero-order valence-electron chi connectivity index (χ0n) is 17.9. The Balaban J connectivity index is 1.67. The van der Waals surface area contributed by atoms with Crippen LogP contribution in [0, 0.1) is 0 Å². The largest absolute Gasteiger partial charge is 0.493 e. The van der Waals surface area contributed by atoms with E-state index < -0.39 is 12.1 Å². The number of hydrogen-bond acceptors (Lipinski definition) is 6. The molecular weight excluding hydrogens is 406 g/mol. The van der Waals surface area contributed by atoms with E-state index in [0.29, 0.717) is 40.3 Å². The van der Waals surface area contributed by atoms with Crippen LogP contribution in [0.4, 0.5) is 0 Å². The molecule has 0 radical (unpaired) electrons. The Hall–Kier alpha value is -4.06. The molecule has 32 heavy (non-hydrogen) atoms. The van der Waals surface area contributed by atoms with Gasteiger partial charge in [-0.3, -0.25) is 4.98 Å². The summed E-state index contributed by atoms with van der Waals surface area (Å²) in [6.45, 7) is 0.400. The molecule has 1 heterocycles. The number of pyridine rings is 1. The molecule has 0 spiro atoms. The molecule has 6 heteroatoms. The van der Waals surface area contributed by atoms with Crippen molar-refractivity contribution in [2.24, 2.45) is 0 Å². The lowest BCUT2D eigenvalue weighted by Crippen LogP contribution is -2.20. The molecule has 162 valence electrons. The average Bonchev–Trinajstić information content (AvgIpc) is 2.86. The van der Waals surface area contributed by atoms with Crippen LogP contribution in [-0.2, 0) is 16.1 Å². The topological polar surface area (TPSA) is 66.9 Å². The third-order valence-corrected chi connectivity index (χ3v) is 4.99. The first kappa shape index (κ1) is 21.2. The summed E-state index contributed by atoms with van der Waals surface area (Å²) in [5.74, 6) is 1.11. The van der Waals surface area contributed by atoms with Gasteiger partial charge in [-0.25, -0.2) is 4.79 Å². The van der Waals surface area contributed by atoms with Gasteiger partial charge in [-0.2, -0.15) is 0 Å². The first-order valence-corrected chi connectivity index (χ1v) is 10.1. The van der Waals surface area contributed by atoms with Crippen molar-refractivity contribution in [3.63, 3.8) is 0 Å². The standard InChI is InChI=1S/C26H23NO5/c1-29-23-15-20-21(16-24(23)31-17-18-9-5-3-6-10-18)27-14-13-22(20)32-25(26(28)30-2)19-11-7-4-8-12-19/h3-16,25H,17H2,1-2H3. The molecule has 4 rings (SSSR count). The summed E-state index contributed by atoms with van der Waals surface area (Å²) in [4.78, 5) is 16.9. The van der Waals surface area contributed by atoms with Crippen LogP contribution in [0.15, 0.2) is 85.1 Å². The number of nitrogens with zero attached hydrogens (tertiary/aromatic N) is 1. The van der Waals surface area contributed by atoms with Gasteiger partial charge in [-0.05, 0) is 17.7 Å². The number of carbonyl (C=O) groups excluding carboxylic acids is 1. The number of hydrogen-bond donors (Lipinski definition) is 0. The Morgan fingerprint density at radius 3 is 2.28 bits per heavy atom. The van der Waals surface area contributed by atoms with E-state index in [9.17, 15) is 4.79 Å². The summed E-state index contributed by atoms with van der Waals surface area (Å²) >= 11 is 0. The van der Waals surface area contributed by atoms with Crippen LogP contribution >= 0.6 is 0 Å². The van der Waals surface area contributed by atoms with E-state index in [1.165, 1.54) is 7.11 Å². The number of ether oxygens (including phenoxy) is 4. The third-order valence-electron chi connectivity index (χ3n) is 4.99. The number of fused-ring (bicyclic) bond motifs is 1. The van der Waals surface area contributed by atoms with Crippen molar-refractivity contribution >= 4 is 16.9 Å². The second-order valence-electron chi connectivity index (χ2n) is 7.04. The van der Waals surface area contributed by atoms with Crippen LogP contribution in [0.2, 0.25) is 0 Å². The zero-order valence-corrected chi connectivity index (χ0v) is 17.9. The lowest BCUT2D eigenvalue weighted by molar-refractivity contribution is -0.149. The summed E-state index contributed by atoms with van der Waals surface area (Å²) < 4.78 is 22.6. The number of aromatic nitrogens is 1. The Labute approximate surface area is 186 Å². The first-order valence-electron chi connectivity index (χ1n) is 10.1. The molecular formula is C26H23NO5. The van der Waals surface area contributed by atoms with Gasteiger partial charge in [0.15, 0.2) is 11.5 Å². The van der Waals surface area contributed by atoms with Crippen molar-refractivity contribution in [2.75, 3.05) is 14.2 Å². The number of methoxy groups -OCH3 is 2. The second-order valence-corrected chi connectivity index (χ2v) is 7.04. The van der Waals surface area contributed by atoms with Gasteiger partial charge >= 0.3 is 5.97 Å². The minimum atomic E-state index is -0.910. The Bertz CT molecular complexity index is 1190. The molecule has 1 aromatic heterocycles. The van der Waals surface area contributed by atoms with Gasteiger partial charge in [-0.15, -0.1) is 0 Å². The van der Waals surface area contributed by atoms with Gasteiger partial charge in [0.05, 0.1) is 19.7 Å². The molecule has 3 aromatic carbocycles. The van der Waals surface area contributed by atoms with Gasteiger partial charge in [0.2, 0.25) is 6.10 Å². The van der Waals surface area contributed by atoms with Gasteiger partial charge in [0.1, 0.15) is 12.4 Å². The molecule has 0 fully saturated rings. The predicted octanol–water partition coefficient (Wildman–Crippen LogP) is 5.12. The summed E-state index contributed by atoms with van der Waals surface area (Å²) in [7, 11) is 2.92. The number of benzene rings is 3. The maximum Gasteiger partial charge on any atom is 0.351 e. The lowest BCUT2D eigenvalue weighted by atomic mass is 10.1. The van der Waals surface area contributed by atoms with Gasteiger partial charge in [0.25, 0.3) is 0 Å². The normalized spacial score (nSPS) is 11.6. The molecule has 6 nitrogen and oxygen atoms in total. The minimum Gasteiger partial charge on any atom is -0.493 e. The van der Waals surface area contributed by atoms with Gasteiger partial charge < -0.3 is 18.9 Å². The average molecular weight is 429 g/mol. The van der Waals surface area contributed by atoms with Crippen LogP contribution in [0.5, 0.6) is 17.2 Å². The van der Waals surface area contributed by atoms with E-state index in [1.807, 2.05) is 60.7 Å². The highest BCUT2D eigenvalue weighted by molar-refractivity contribution is 5.88. The van der Waals surface area contributed by atoms with Crippen molar-refractivity contribution in [2.45, 2.75) is 12.7 Å². The van der Waals surface area contributed by atoms with Crippen LogP contribution in [0.25, 0.3) is 10.9 Å². The highest BCUT2D eigenvalue weighted by Gasteiger charge is 2.24. The lowest BCUT2D eigenvalue weighted by Gasteiger charge is -2.19. The van der Waals surface area contributed by atoms with Crippen LogP contribution in [0.1, 0.15) is 17.2 Å². The molecule has 0 bridgehead atoms. The van der Waals surface area contributed by atoms with E-state index in [2.05, 4.69) is 4.98 Å². The Morgan fingerprint density at radius 2 is 1.59 bits per heavy atom. The van der Waals surface area contributed by atoms with Crippen molar-refractivity contribution in [3.05, 3.63) is 96.2 Å². The molecule has 0 aliphatic heterocycles. The second kappa shape index (κ2) is 9.83. The van der Waals surface area contributed by atoms with E-state index in [0.717, 1.165) is 5.56 Å². The Morgan fingerprint density at radius 1 is 0.875 bits per heavy atom. The SMILES string of the molecule is COC(=O)C(Oc1ccnc2cc(OCc3ccccc3)c(OC)cc12)c1ccccc1. The molecule has 0 saturated carbocycles. The fraction of sp³-hybridized carbons (Fsp3) is 0.154. The number of esters is 1. The molecule has 0 amide bonds. The number of carbonyl (C=O) groups is 1. The van der Waals surface area contributed by atoms with Gasteiger partial charge in [0, 0.05) is 23.2 Å². The maximum absolute atomic E-state index is 12.4. The third kappa shape index (κ3) is 4.64.